The molecular weight excluding hydrogens is 314 g/mol. The highest BCUT2D eigenvalue weighted by molar-refractivity contribution is 9.10. The summed E-state index contributed by atoms with van der Waals surface area (Å²) in [6.07, 6.45) is 2.12. The van der Waals surface area contributed by atoms with E-state index in [9.17, 15) is 0 Å². The fourth-order valence-corrected chi connectivity index (χ4v) is 3.28. The molecule has 1 saturated heterocycles. The summed E-state index contributed by atoms with van der Waals surface area (Å²) in [5.41, 5.74) is 1.18. The largest absolute Gasteiger partial charge is 0.382 e. The van der Waals surface area contributed by atoms with Gasteiger partial charge in [0.05, 0.1) is 5.60 Å². The first-order valence-electron chi connectivity index (χ1n) is 7.12. The molecule has 20 heavy (non-hydrogen) atoms. The molecule has 0 aliphatic carbocycles. The van der Waals surface area contributed by atoms with Gasteiger partial charge in [-0.2, -0.15) is 0 Å². The molecule has 1 aliphatic rings. The number of halogens is 1. The minimum absolute atomic E-state index is 0.0162. The second kappa shape index (κ2) is 5.38. The molecule has 1 unspecified atom stereocenters. The average molecular weight is 334 g/mol. The van der Waals surface area contributed by atoms with Crippen molar-refractivity contribution in [2.24, 2.45) is 0 Å². The molecule has 2 nitrogen and oxygen atoms in total. The zero-order valence-electron chi connectivity index (χ0n) is 11.9. The molecule has 2 aromatic rings. The van der Waals surface area contributed by atoms with Crippen molar-refractivity contribution in [3.8, 4) is 0 Å². The van der Waals surface area contributed by atoms with Gasteiger partial charge in [0.1, 0.15) is 0 Å². The van der Waals surface area contributed by atoms with Crippen molar-refractivity contribution in [2.75, 3.05) is 11.9 Å². The van der Waals surface area contributed by atoms with Gasteiger partial charge in [-0.25, -0.2) is 0 Å². The third-order valence-corrected chi connectivity index (χ3v) is 4.36. The highest BCUT2D eigenvalue weighted by Crippen LogP contribution is 2.28. The maximum absolute atomic E-state index is 5.77. The standard InChI is InChI=1S/C17H20BrNO/c1-17(2)11-16(7-8-20-17)19-15-6-4-12-9-14(18)5-3-13(12)10-15/h3-6,9-10,16,19H,7-8,11H2,1-2H3. The maximum atomic E-state index is 5.77. The van der Waals surface area contributed by atoms with Gasteiger partial charge in [-0.1, -0.05) is 28.1 Å². The minimum Gasteiger partial charge on any atom is -0.382 e. The average Bonchev–Trinajstić information content (AvgIpc) is 2.38. The van der Waals surface area contributed by atoms with Crippen molar-refractivity contribution >= 4 is 32.4 Å². The van der Waals surface area contributed by atoms with Crippen molar-refractivity contribution in [1.82, 2.24) is 0 Å². The van der Waals surface area contributed by atoms with Gasteiger partial charge in [0, 0.05) is 22.8 Å². The molecule has 1 fully saturated rings. The lowest BCUT2D eigenvalue weighted by molar-refractivity contribution is -0.0553. The SMILES string of the molecule is CC1(C)CC(Nc2ccc3cc(Br)ccc3c2)CCO1. The Labute approximate surface area is 128 Å². The van der Waals surface area contributed by atoms with E-state index in [1.807, 2.05) is 0 Å². The lowest BCUT2D eigenvalue weighted by atomic mass is 9.93. The van der Waals surface area contributed by atoms with Gasteiger partial charge in [-0.05, 0) is 61.7 Å². The number of nitrogens with one attached hydrogen (secondary N) is 1. The minimum atomic E-state index is -0.0162. The van der Waals surface area contributed by atoms with Crippen LogP contribution < -0.4 is 5.32 Å². The van der Waals surface area contributed by atoms with Gasteiger partial charge in [0.25, 0.3) is 0 Å². The van der Waals surface area contributed by atoms with Crippen molar-refractivity contribution in [3.05, 3.63) is 40.9 Å². The fourth-order valence-electron chi connectivity index (χ4n) is 2.90. The van der Waals surface area contributed by atoms with Crippen LogP contribution in [0, 0.1) is 0 Å². The smallest absolute Gasteiger partial charge is 0.0646 e. The Kier molecular flexibility index (Phi) is 3.74. The van der Waals surface area contributed by atoms with Crippen LogP contribution in [0.15, 0.2) is 40.9 Å². The van der Waals surface area contributed by atoms with Gasteiger partial charge < -0.3 is 10.1 Å². The monoisotopic (exact) mass is 333 g/mol. The number of benzene rings is 2. The summed E-state index contributed by atoms with van der Waals surface area (Å²) in [7, 11) is 0. The molecule has 1 heterocycles. The molecule has 0 spiro atoms. The molecule has 0 aromatic heterocycles. The van der Waals surface area contributed by atoms with Gasteiger partial charge in [-0.3, -0.25) is 0 Å². The number of ether oxygens (including phenoxy) is 1. The fraction of sp³-hybridized carbons (Fsp3) is 0.412. The second-order valence-corrected chi connectivity index (χ2v) is 7.06. The molecule has 106 valence electrons. The quantitative estimate of drug-likeness (QED) is 0.837. The lowest BCUT2D eigenvalue weighted by Crippen LogP contribution is -2.40. The Morgan fingerprint density at radius 2 is 1.90 bits per heavy atom. The van der Waals surface area contributed by atoms with Gasteiger partial charge in [0.15, 0.2) is 0 Å². The van der Waals surface area contributed by atoms with Crippen LogP contribution in [0.3, 0.4) is 0 Å². The van der Waals surface area contributed by atoms with Crippen LogP contribution >= 0.6 is 15.9 Å². The van der Waals surface area contributed by atoms with Gasteiger partial charge >= 0.3 is 0 Å². The molecule has 1 atom stereocenters. The first-order valence-corrected chi connectivity index (χ1v) is 7.91. The molecule has 3 heteroatoms. The van der Waals surface area contributed by atoms with Gasteiger partial charge in [0.2, 0.25) is 0 Å². The van der Waals surface area contributed by atoms with Crippen molar-refractivity contribution in [2.45, 2.75) is 38.3 Å². The number of hydrogen-bond donors (Lipinski definition) is 1. The van der Waals surface area contributed by atoms with E-state index in [2.05, 4.69) is 71.5 Å². The van der Waals surface area contributed by atoms with Crippen LogP contribution in [0.25, 0.3) is 10.8 Å². The zero-order valence-corrected chi connectivity index (χ0v) is 13.5. The van der Waals surface area contributed by atoms with Crippen molar-refractivity contribution in [1.29, 1.82) is 0 Å². The molecular formula is C17H20BrNO. The predicted molar refractivity (Wildman–Crippen MR) is 88.3 cm³/mol. The molecule has 3 rings (SSSR count). The summed E-state index contributed by atoms with van der Waals surface area (Å²) >= 11 is 3.51. The van der Waals surface area contributed by atoms with E-state index in [0.29, 0.717) is 6.04 Å². The first kappa shape index (κ1) is 13.9. The second-order valence-electron chi connectivity index (χ2n) is 6.15. The van der Waals surface area contributed by atoms with Crippen molar-refractivity contribution < 1.29 is 4.74 Å². The Bertz CT molecular complexity index is 623. The van der Waals surface area contributed by atoms with E-state index in [1.54, 1.807) is 0 Å². The van der Waals surface area contributed by atoms with Crippen molar-refractivity contribution in [3.63, 3.8) is 0 Å². The van der Waals surface area contributed by atoms with E-state index in [4.69, 9.17) is 4.74 Å². The molecule has 0 radical (unpaired) electrons. The summed E-state index contributed by atoms with van der Waals surface area (Å²) in [5, 5.41) is 6.18. The van der Waals surface area contributed by atoms with Crippen LogP contribution in [0.4, 0.5) is 5.69 Å². The Balaban J connectivity index is 1.79. The lowest BCUT2D eigenvalue weighted by Gasteiger charge is -2.36. The van der Waals surface area contributed by atoms with Crippen LogP contribution in [0.5, 0.6) is 0 Å². The van der Waals surface area contributed by atoms with E-state index >= 15 is 0 Å². The summed E-state index contributed by atoms with van der Waals surface area (Å²) in [4.78, 5) is 0. The third kappa shape index (κ3) is 3.15. The summed E-state index contributed by atoms with van der Waals surface area (Å²) in [5.74, 6) is 0. The van der Waals surface area contributed by atoms with E-state index in [-0.39, 0.29) is 5.60 Å². The highest BCUT2D eigenvalue weighted by atomic mass is 79.9. The topological polar surface area (TPSA) is 21.3 Å². The zero-order chi connectivity index (χ0) is 14.2. The van der Waals surface area contributed by atoms with Crippen LogP contribution in [-0.4, -0.2) is 18.2 Å². The Morgan fingerprint density at radius 1 is 1.15 bits per heavy atom. The number of fused-ring (bicyclic) bond motifs is 1. The van der Waals surface area contributed by atoms with E-state index in [0.717, 1.165) is 23.9 Å². The van der Waals surface area contributed by atoms with Crippen LogP contribution in [0.1, 0.15) is 26.7 Å². The number of anilines is 1. The number of rotatable bonds is 2. The third-order valence-electron chi connectivity index (χ3n) is 3.87. The predicted octanol–water partition coefficient (Wildman–Crippen LogP) is 4.97. The molecule has 2 aromatic carbocycles. The maximum Gasteiger partial charge on any atom is 0.0646 e. The molecule has 0 saturated carbocycles. The van der Waals surface area contributed by atoms with E-state index in [1.165, 1.54) is 16.5 Å². The molecule has 0 bridgehead atoms. The molecule has 1 aliphatic heterocycles. The Morgan fingerprint density at radius 3 is 2.70 bits per heavy atom. The highest BCUT2D eigenvalue weighted by Gasteiger charge is 2.28. The molecule has 1 N–H and O–H groups in total. The molecule has 0 amide bonds. The summed E-state index contributed by atoms with van der Waals surface area (Å²) < 4.78 is 6.89. The summed E-state index contributed by atoms with van der Waals surface area (Å²) in [6, 6.07) is 13.4. The summed E-state index contributed by atoms with van der Waals surface area (Å²) in [6.45, 7) is 5.17. The Hall–Kier alpha value is -1.06. The van der Waals surface area contributed by atoms with Gasteiger partial charge in [-0.15, -0.1) is 0 Å². The first-order chi connectivity index (χ1) is 9.52. The van der Waals surface area contributed by atoms with Crippen LogP contribution in [-0.2, 0) is 4.74 Å². The van der Waals surface area contributed by atoms with E-state index < -0.39 is 0 Å². The van der Waals surface area contributed by atoms with Crippen LogP contribution in [0.2, 0.25) is 0 Å². The normalized spacial score (nSPS) is 21.9. The number of hydrogen-bond acceptors (Lipinski definition) is 2.